The third kappa shape index (κ3) is 7.04. The van der Waals surface area contributed by atoms with Gasteiger partial charge in [-0.25, -0.2) is 0 Å². The van der Waals surface area contributed by atoms with Crippen molar-refractivity contribution in [3.8, 4) is 5.75 Å². The average molecular weight is 513 g/mol. The molecule has 0 aliphatic rings. The van der Waals surface area contributed by atoms with Gasteiger partial charge in [0.25, 0.3) is 11.6 Å². The average Bonchev–Trinajstić information content (AvgIpc) is 3.21. The summed E-state index contributed by atoms with van der Waals surface area (Å²) in [5, 5.41) is 25.2. The van der Waals surface area contributed by atoms with Gasteiger partial charge in [0, 0.05) is 24.4 Å². The minimum Gasteiger partial charge on any atom is -0.481 e. The van der Waals surface area contributed by atoms with Crippen LogP contribution in [0.3, 0.4) is 0 Å². The van der Waals surface area contributed by atoms with Crippen LogP contribution < -0.4 is 15.4 Å². The van der Waals surface area contributed by atoms with E-state index in [2.05, 4.69) is 27.8 Å². The maximum atomic E-state index is 12.4. The van der Waals surface area contributed by atoms with E-state index in [4.69, 9.17) is 4.74 Å². The third-order valence-electron chi connectivity index (χ3n) is 5.38. The Balaban J connectivity index is 1.48. The molecule has 0 aliphatic carbocycles. The van der Waals surface area contributed by atoms with Gasteiger partial charge in [-0.05, 0) is 44.0 Å². The standard InChI is InChI=1S/C24H28N6O5S/c1-5-17-7-10-19(11-8-17)35-16(3)23(32)25-13-21-27-28-24(29(21)4)36-14-22(31)26-18-9-6-15(2)20(12-18)30(33)34/h6-12,16H,5,13-14H2,1-4H3,(H,25,32)(H,26,31)/t16-/m0/s1. The summed E-state index contributed by atoms with van der Waals surface area (Å²) in [4.78, 5) is 35.4. The molecule has 0 spiro atoms. The number of rotatable bonds is 11. The van der Waals surface area contributed by atoms with Gasteiger partial charge in [0.1, 0.15) is 5.75 Å². The summed E-state index contributed by atoms with van der Waals surface area (Å²) in [6, 6.07) is 12.1. The second-order valence-corrected chi connectivity index (χ2v) is 8.97. The van der Waals surface area contributed by atoms with Crippen LogP contribution >= 0.6 is 11.8 Å². The van der Waals surface area contributed by atoms with Crippen LogP contribution in [0.5, 0.6) is 5.75 Å². The first-order valence-corrected chi connectivity index (χ1v) is 12.3. The minimum absolute atomic E-state index is 0.0295. The SMILES string of the molecule is CCc1ccc(O[C@@H](C)C(=O)NCc2nnc(SCC(=O)Nc3ccc(C)c([N+](=O)[O-])c3)n2C)cc1. The maximum absolute atomic E-state index is 12.4. The van der Waals surface area contributed by atoms with E-state index in [9.17, 15) is 19.7 Å². The van der Waals surface area contributed by atoms with E-state index in [1.165, 1.54) is 11.6 Å². The van der Waals surface area contributed by atoms with Gasteiger partial charge in [-0.1, -0.05) is 36.9 Å². The molecular weight excluding hydrogens is 484 g/mol. The van der Waals surface area contributed by atoms with Crippen LogP contribution in [-0.2, 0) is 29.6 Å². The number of benzene rings is 2. The van der Waals surface area contributed by atoms with E-state index in [0.717, 1.165) is 18.2 Å². The Morgan fingerprint density at radius 2 is 1.92 bits per heavy atom. The van der Waals surface area contributed by atoms with Crippen molar-refractivity contribution in [3.05, 3.63) is 69.5 Å². The summed E-state index contributed by atoms with van der Waals surface area (Å²) >= 11 is 1.16. The maximum Gasteiger partial charge on any atom is 0.274 e. The number of amides is 2. The molecule has 1 heterocycles. The van der Waals surface area contributed by atoms with Gasteiger partial charge >= 0.3 is 0 Å². The number of aryl methyl sites for hydroxylation is 2. The number of thioether (sulfide) groups is 1. The lowest BCUT2D eigenvalue weighted by Crippen LogP contribution is -2.36. The lowest BCUT2D eigenvalue weighted by Gasteiger charge is -2.15. The molecule has 0 radical (unpaired) electrons. The summed E-state index contributed by atoms with van der Waals surface area (Å²) in [6.07, 6.45) is 0.233. The van der Waals surface area contributed by atoms with E-state index < -0.39 is 11.0 Å². The number of hydrogen-bond acceptors (Lipinski definition) is 8. The summed E-state index contributed by atoms with van der Waals surface area (Å²) in [7, 11) is 1.74. The highest BCUT2D eigenvalue weighted by atomic mass is 32.2. The zero-order chi connectivity index (χ0) is 26.2. The molecule has 36 heavy (non-hydrogen) atoms. The number of nitrogens with one attached hydrogen (secondary N) is 2. The van der Waals surface area contributed by atoms with Crippen molar-refractivity contribution >= 4 is 35.0 Å². The highest BCUT2D eigenvalue weighted by molar-refractivity contribution is 7.99. The predicted molar refractivity (Wildman–Crippen MR) is 136 cm³/mol. The largest absolute Gasteiger partial charge is 0.481 e. The normalized spacial score (nSPS) is 11.6. The van der Waals surface area contributed by atoms with E-state index in [-0.39, 0.29) is 29.8 Å². The second kappa shape index (κ2) is 12.2. The van der Waals surface area contributed by atoms with Gasteiger partial charge < -0.3 is 19.9 Å². The number of ether oxygens (including phenoxy) is 1. The molecule has 190 valence electrons. The molecule has 0 fully saturated rings. The third-order valence-corrected chi connectivity index (χ3v) is 6.40. The fraction of sp³-hybridized carbons (Fsp3) is 0.333. The molecule has 2 aromatic carbocycles. The molecule has 12 heteroatoms. The first-order chi connectivity index (χ1) is 17.2. The molecule has 2 amide bonds. The topological polar surface area (TPSA) is 141 Å². The summed E-state index contributed by atoms with van der Waals surface area (Å²) in [5.41, 5.74) is 1.98. The Morgan fingerprint density at radius 1 is 1.19 bits per heavy atom. The van der Waals surface area contributed by atoms with Gasteiger partial charge in [-0.2, -0.15) is 0 Å². The van der Waals surface area contributed by atoms with Crippen LogP contribution in [-0.4, -0.2) is 43.4 Å². The summed E-state index contributed by atoms with van der Waals surface area (Å²) < 4.78 is 7.38. The van der Waals surface area contributed by atoms with E-state index >= 15 is 0 Å². The fourth-order valence-corrected chi connectivity index (χ4v) is 3.94. The lowest BCUT2D eigenvalue weighted by atomic mass is 10.2. The Morgan fingerprint density at radius 3 is 2.58 bits per heavy atom. The Hall–Kier alpha value is -3.93. The molecule has 0 saturated heterocycles. The van der Waals surface area contributed by atoms with Crippen molar-refractivity contribution in [2.45, 2.75) is 45.0 Å². The number of anilines is 1. The first-order valence-electron chi connectivity index (χ1n) is 11.3. The highest BCUT2D eigenvalue weighted by Crippen LogP contribution is 2.23. The number of nitrogens with zero attached hydrogens (tertiary/aromatic N) is 4. The molecule has 0 aliphatic heterocycles. The number of carbonyl (C=O) groups excluding carboxylic acids is 2. The van der Waals surface area contributed by atoms with Gasteiger partial charge in [0.15, 0.2) is 17.1 Å². The van der Waals surface area contributed by atoms with Gasteiger partial charge in [0.2, 0.25) is 5.91 Å². The quantitative estimate of drug-likeness (QED) is 0.226. The number of aromatic nitrogens is 3. The zero-order valence-electron chi connectivity index (χ0n) is 20.5. The Bertz CT molecular complexity index is 1240. The smallest absolute Gasteiger partial charge is 0.274 e. The summed E-state index contributed by atoms with van der Waals surface area (Å²) in [5.74, 6) is 0.528. The molecular formula is C24H28N6O5S. The second-order valence-electron chi connectivity index (χ2n) is 8.03. The van der Waals surface area contributed by atoms with Crippen LogP contribution in [0, 0.1) is 17.0 Å². The predicted octanol–water partition coefficient (Wildman–Crippen LogP) is 3.41. The molecule has 2 N–H and O–H groups in total. The van der Waals surface area contributed by atoms with Crippen LogP contribution in [0.25, 0.3) is 0 Å². The van der Waals surface area contributed by atoms with Crippen molar-refractivity contribution in [2.75, 3.05) is 11.1 Å². The number of nitro groups is 1. The molecule has 0 saturated carbocycles. The molecule has 11 nitrogen and oxygen atoms in total. The van der Waals surface area contributed by atoms with Crippen molar-refractivity contribution in [1.29, 1.82) is 0 Å². The lowest BCUT2D eigenvalue weighted by molar-refractivity contribution is -0.385. The van der Waals surface area contributed by atoms with Crippen molar-refractivity contribution < 1.29 is 19.2 Å². The number of hydrogen-bond donors (Lipinski definition) is 2. The molecule has 1 aromatic heterocycles. The summed E-state index contributed by atoms with van der Waals surface area (Å²) in [6.45, 7) is 5.51. The highest BCUT2D eigenvalue weighted by Gasteiger charge is 2.17. The Labute approximate surface area is 212 Å². The zero-order valence-corrected chi connectivity index (χ0v) is 21.3. The molecule has 3 aromatic rings. The molecule has 0 bridgehead atoms. The van der Waals surface area contributed by atoms with Crippen LogP contribution in [0.4, 0.5) is 11.4 Å². The number of carbonyl (C=O) groups is 2. The Kier molecular flexibility index (Phi) is 9.01. The van der Waals surface area contributed by atoms with Crippen LogP contribution in [0.1, 0.15) is 30.8 Å². The first kappa shape index (κ1) is 26.7. The molecule has 3 rings (SSSR count). The fourth-order valence-electron chi connectivity index (χ4n) is 3.21. The number of nitro benzene ring substituents is 1. The van der Waals surface area contributed by atoms with Gasteiger partial charge in [-0.15, -0.1) is 10.2 Å². The van der Waals surface area contributed by atoms with Crippen LogP contribution in [0.15, 0.2) is 47.6 Å². The van der Waals surface area contributed by atoms with E-state index in [1.807, 2.05) is 24.3 Å². The molecule has 1 atom stereocenters. The van der Waals surface area contributed by atoms with E-state index in [0.29, 0.717) is 28.0 Å². The van der Waals surface area contributed by atoms with Crippen molar-refractivity contribution in [3.63, 3.8) is 0 Å². The van der Waals surface area contributed by atoms with E-state index in [1.54, 1.807) is 37.6 Å². The molecule has 0 unspecified atom stereocenters. The van der Waals surface area contributed by atoms with Crippen molar-refractivity contribution in [2.24, 2.45) is 7.05 Å². The van der Waals surface area contributed by atoms with Gasteiger partial charge in [0.05, 0.1) is 17.2 Å². The van der Waals surface area contributed by atoms with Crippen molar-refractivity contribution in [1.82, 2.24) is 20.1 Å². The van der Waals surface area contributed by atoms with Gasteiger partial charge in [-0.3, -0.25) is 19.7 Å². The minimum atomic E-state index is -0.694. The van der Waals surface area contributed by atoms with Crippen LogP contribution in [0.2, 0.25) is 0 Å². The monoisotopic (exact) mass is 512 g/mol.